The molecule has 1 fully saturated rings. The molecule has 2 aromatic rings. The maximum Gasteiger partial charge on any atom is 0.182 e. The Labute approximate surface area is 206 Å². The van der Waals surface area contributed by atoms with Crippen molar-refractivity contribution in [1.29, 1.82) is 0 Å². The predicted octanol–water partition coefficient (Wildman–Crippen LogP) is 4.04. The minimum atomic E-state index is -3.88. The van der Waals surface area contributed by atoms with Gasteiger partial charge < -0.3 is 14.9 Å². The van der Waals surface area contributed by atoms with Crippen LogP contribution in [0, 0.1) is 0 Å². The Hall–Kier alpha value is -1.97. The second kappa shape index (κ2) is 8.36. The molecule has 6 nitrogen and oxygen atoms in total. The van der Waals surface area contributed by atoms with E-state index in [-0.39, 0.29) is 22.0 Å². The van der Waals surface area contributed by atoms with Crippen molar-refractivity contribution in [3.63, 3.8) is 0 Å². The molecule has 174 valence electrons. The van der Waals surface area contributed by atoms with Gasteiger partial charge in [-0.3, -0.25) is 4.98 Å². The maximum atomic E-state index is 13.0. The molecule has 1 aliphatic carbocycles. The van der Waals surface area contributed by atoms with Crippen LogP contribution in [0.5, 0.6) is 5.75 Å². The highest BCUT2D eigenvalue weighted by atomic mass is 79.9. The number of sulfone groups is 1. The molecule has 1 aromatic heterocycles. The van der Waals surface area contributed by atoms with Crippen LogP contribution in [-0.4, -0.2) is 46.8 Å². The molecule has 1 saturated carbocycles. The number of hydrogen-bond acceptors (Lipinski definition) is 6. The van der Waals surface area contributed by atoms with Gasteiger partial charge in [-0.15, -0.1) is 0 Å². The fourth-order valence-corrected chi connectivity index (χ4v) is 6.79. The van der Waals surface area contributed by atoms with Gasteiger partial charge in [-0.1, -0.05) is 76.6 Å². The van der Waals surface area contributed by atoms with Crippen LogP contribution in [0.3, 0.4) is 0 Å². The van der Waals surface area contributed by atoms with Crippen molar-refractivity contribution in [2.75, 3.05) is 6.26 Å². The summed E-state index contributed by atoms with van der Waals surface area (Å²) < 4.78 is 33.2. The van der Waals surface area contributed by atoms with E-state index in [0.717, 1.165) is 10.7 Å². The maximum absolute atomic E-state index is 13.0. The predicted molar refractivity (Wildman–Crippen MR) is 131 cm³/mol. The first-order valence-corrected chi connectivity index (χ1v) is 13.3. The smallest absolute Gasteiger partial charge is 0.182 e. The molecule has 0 amide bonds. The Morgan fingerprint density at radius 3 is 2.58 bits per heavy atom. The Morgan fingerprint density at radius 1 is 1.30 bits per heavy atom. The molecule has 4 rings (SSSR count). The van der Waals surface area contributed by atoms with Gasteiger partial charge in [0.2, 0.25) is 0 Å². The highest BCUT2D eigenvalue weighted by molar-refractivity contribution is 9.11. The van der Waals surface area contributed by atoms with Gasteiger partial charge in [-0.05, 0) is 24.1 Å². The molecule has 0 unspecified atom stereocenters. The van der Waals surface area contributed by atoms with E-state index in [1.807, 2.05) is 13.0 Å². The monoisotopic (exact) mass is 551 g/mol. The van der Waals surface area contributed by atoms with Crippen molar-refractivity contribution in [2.24, 2.45) is 0 Å². The van der Waals surface area contributed by atoms with E-state index in [1.165, 1.54) is 12.3 Å². The van der Waals surface area contributed by atoms with Gasteiger partial charge in [0.05, 0.1) is 10.9 Å². The van der Waals surface area contributed by atoms with Gasteiger partial charge in [0.15, 0.2) is 21.0 Å². The number of aliphatic hydroxyl groups is 2. The molecule has 2 heterocycles. The van der Waals surface area contributed by atoms with E-state index in [1.54, 1.807) is 42.5 Å². The number of ether oxygens (including phenoxy) is 1. The number of halogens is 2. The molecule has 0 spiro atoms. The SMILES string of the molecule is C=C(/C=C\C(Br)=C/C)[C@@]12Oc3cc(Cl)cnc3[C@]1(O)[C@H](O)[C@H](S(C)(=O)=O)[C@H]2c1ccccc1. The van der Waals surface area contributed by atoms with Gasteiger partial charge >= 0.3 is 0 Å². The molecule has 2 N–H and O–H groups in total. The molecule has 0 radical (unpaired) electrons. The Kier molecular flexibility index (Phi) is 6.12. The average Bonchev–Trinajstić information content (AvgIpc) is 3.15. The van der Waals surface area contributed by atoms with Gasteiger partial charge in [-0.2, -0.15) is 0 Å². The molecular formula is C24H23BrClNO5S. The summed E-state index contributed by atoms with van der Waals surface area (Å²) in [5.74, 6) is -0.834. The second-order valence-electron chi connectivity index (χ2n) is 8.26. The van der Waals surface area contributed by atoms with Crippen molar-refractivity contribution < 1.29 is 23.4 Å². The summed E-state index contributed by atoms with van der Waals surface area (Å²) >= 11 is 9.54. The Balaban J connectivity index is 2.07. The summed E-state index contributed by atoms with van der Waals surface area (Å²) in [7, 11) is -3.88. The summed E-state index contributed by atoms with van der Waals surface area (Å²) in [4.78, 5) is 4.26. The number of pyridine rings is 1. The van der Waals surface area contributed by atoms with Crippen molar-refractivity contribution in [3.8, 4) is 5.75 Å². The van der Waals surface area contributed by atoms with E-state index in [2.05, 4.69) is 27.5 Å². The minimum Gasteiger partial charge on any atom is -0.476 e. The minimum absolute atomic E-state index is 0.0196. The number of nitrogens with zero attached hydrogens (tertiary/aromatic N) is 1. The first kappa shape index (κ1) is 24.2. The zero-order valence-corrected chi connectivity index (χ0v) is 21.1. The summed E-state index contributed by atoms with van der Waals surface area (Å²) in [6, 6.07) is 10.3. The third-order valence-corrected chi connectivity index (χ3v) is 8.82. The van der Waals surface area contributed by atoms with Crippen molar-refractivity contribution in [2.45, 2.75) is 35.4 Å². The summed E-state index contributed by atoms with van der Waals surface area (Å²) in [6.07, 6.45) is 5.78. The molecular weight excluding hydrogens is 530 g/mol. The van der Waals surface area contributed by atoms with Crippen molar-refractivity contribution in [1.82, 2.24) is 4.98 Å². The summed E-state index contributed by atoms with van der Waals surface area (Å²) in [6.45, 7) is 6.01. The quantitative estimate of drug-likeness (QED) is 0.544. The van der Waals surface area contributed by atoms with Crippen LogP contribution in [0.25, 0.3) is 0 Å². The van der Waals surface area contributed by atoms with Gasteiger partial charge in [0, 0.05) is 23.0 Å². The molecule has 33 heavy (non-hydrogen) atoms. The number of aromatic nitrogens is 1. The van der Waals surface area contributed by atoms with E-state index in [0.29, 0.717) is 5.56 Å². The Morgan fingerprint density at radius 2 is 1.97 bits per heavy atom. The molecule has 1 aliphatic heterocycles. The number of fused-ring (bicyclic) bond motifs is 3. The first-order valence-electron chi connectivity index (χ1n) is 10.2. The van der Waals surface area contributed by atoms with Crippen LogP contribution in [-0.2, 0) is 15.4 Å². The number of hydrogen-bond donors (Lipinski definition) is 2. The van der Waals surface area contributed by atoms with Crippen LogP contribution in [0.2, 0.25) is 5.02 Å². The fraction of sp³-hybridized carbons (Fsp3) is 0.292. The van der Waals surface area contributed by atoms with Crippen LogP contribution in [0.1, 0.15) is 24.1 Å². The lowest BCUT2D eigenvalue weighted by molar-refractivity contribution is -0.128. The van der Waals surface area contributed by atoms with Crippen molar-refractivity contribution in [3.05, 3.63) is 93.7 Å². The van der Waals surface area contributed by atoms with Gasteiger partial charge in [0.25, 0.3) is 0 Å². The zero-order valence-electron chi connectivity index (χ0n) is 17.9. The van der Waals surface area contributed by atoms with Crippen LogP contribution in [0.4, 0.5) is 0 Å². The lowest BCUT2D eigenvalue weighted by atomic mass is 9.72. The van der Waals surface area contributed by atoms with Crippen LogP contribution >= 0.6 is 27.5 Å². The highest BCUT2D eigenvalue weighted by Gasteiger charge is 2.78. The first-order chi connectivity index (χ1) is 15.5. The van der Waals surface area contributed by atoms with Crippen molar-refractivity contribution >= 4 is 37.4 Å². The standard InChI is InChI=1S/C24H23BrClNO5S/c1-4-16(25)11-10-14(2)24-19(15-8-6-5-7-9-15)20(33(3,30)31)22(28)23(24,29)21-18(32-24)12-17(26)13-27-21/h4-13,19-20,22,28-29H,2H2,1,3H3/b11-10-,16-4+/t19-,20-,22-,23+,24+/m1/s1. The molecule has 0 saturated heterocycles. The van der Waals surface area contributed by atoms with E-state index in [4.69, 9.17) is 16.3 Å². The number of benzene rings is 1. The third kappa shape index (κ3) is 3.51. The lowest BCUT2D eigenvalue weighted by Crippen LogP contribution is -2.55. The number of rotatable bonds is 5. The average molecular weight is 553 g/mol. The van der Waals surface area contributed by atoms with Crippen LogP contribution in [0.15, 0.2) is 77.5 Å². The zero-order chi connectivity index (χ0) is 24.2. The lowest BCUT2D eigenvalue weighted by Gasteiger charge is -2.40. The van der Waals surface area contributed by atoms with E-state index in [9.17, 15) is 18.6 Å². The molecule has 9 heteroatoms. The Bertz CT molecular complexity index is 1280. The highest BCUT2D eigenvalue weighted by Crippen LogP contribution is 2.65. The molecule has 0 bridgehead atoms. The molecule has 1 aromatic carbocycles. The molecule has 5 atom stereocenters. The van der Waals surface area contributed by atoms with Gasteiger partial charge in [-0.25, -0.2) is 8.42 Å². The van der Waals surface area contributed by atoms with E-state index < -0.39 is 38.3 Å². The third-order valence-electron chi connectivity index (χ3n) is 6.37. The van der Waals surface area contributed by atoms with Crippen LogP contribution < -0.4 is 4.74 Å². The molecule has 2 aliphatic rings. The summed E-state index contributed by atoms with van der Waals surface area (Å²) in [5.41, 5.74) is -3.10. The second-order valence-corrected chi connectivity index (χ2v) is 11.8. The topological polar surface area (TPSA) is 96.7 Å². The largest absolute Gasteiger partial charge is 0.476 e. The number of aliphatic hydroxyl groups excluding tert-OH is 1. The summed E-state index contributed by atoms with van der Waals surface area (Å²) in [5, 5.41) is 22.5. The normalized spacial score (nSPS) is 31.3. The van der Waals surface area contributed by atoms with Gasteiger partial charge in [0.1, 0.15) is 22.8 Å². The fourth-order valence-electron chi connectivity index (χ4n) is 5.00. The van der Waals surface area contributed by atoms with E-state index >= 15 is 0 Å². The number of allylic oxidation sites excluding steroid dienone is 3.